The minimum atomic E-state index is -0.0668. The molecule has 1 aromatic rings. The highest BCUT2D eigenvalue weighted by atomic mass is 79.9. The molecule has 0 spiro atoms. The predicted octanol–water partition coefficient (Wildman–Crippen LogP) is 2.83. The Morgan fingerprint density at radius 1 is 1.44 bits per heavy atom. The third-order valence-electron chi connectivity index (χ3n) is 3.18. The van der Waals surface area contributed by atoms with Crippen LogP contribution in [0.5, 0.6) is 0 Å². The van der Waals surface area contributed by atoms with Crippen LogP contribution < -0.4 is 10.6 Å². The van der Waals surface area contributed by atoms with E-state index in [1.165, 1.54) is 0 Å². The van der Waals surface area contributed by atoms with Crippen molar-refractivity contribution >= 4 is 33.4 Å². The van der Waals surface area contributed by atoms with E-state index < -0.39 is 0 Å². The summed E-state index contributed by atoms with van der Waals surface area (Å²) >= 11 is 9.27. The molecular weight excluding hydrogens is 316 g/mol. The number of hydrogen-bond donors (Lipinski definition) is 2. The van der Waals surface area contributed by atoms with E-state index in [4.69, 9.17) is 11.6 Å². The predicted molar refractivity (Wildman–Crippen MR) is 77.1 cm³/mol. The van der Waals surface area contributed by atoms with Crippen molar-refractivity contribution < 1.29 is 4.79 Å². The molecule has 0 atom stereocenters. The fraction of sp³-hybridized carbons (Fsp3) is 0.462. The first-order valence-electron chi connectivity index (χ1n) is 6.11. The van der Waals surface area contributed by atoms with Crippen LogP contribution in [0.4, 0.5) is 0 Å². The molecule has 0 saturated carbocycles. The smallest absolute Gasteiger partial charge is 0.252 e. The van der Waals surface area contributed by atoms with E-state index in [9.17, 15) is 4.79 Å². The number of carbonyl (C=O) groups is 1. The van der Waals surface area contributed by atoms with Gasteiger partial charge in [0.15, 0.2) is 0 Å². The van der Waals surface area contributed by atoms with E-state index in [0.717, 1.165) is 36.9 Å². The average Bonchev–Trinajstić information content (AvgIpc) is 2.40. The summed E-state index contributed by atoms with van der Waals surface area (Å²) in [5.41, 5.74) is 0.594. The van der Waals surface area contributed by atoms with E-state index in [-0.39, 0.29) is 5.91 Å². The topological polar surface area (TPSA) is 41.1 Å². The molecule has 0 bridgehead atoms. The molecule has 18 heavy (non-hydrogen) atoms. The molecule has 1 fully saturated rings. The normalized spacial score (nSPS) is 16.6. The highest BCUT2D eigenvalue weighted by Gasteiger charge is 2.15. The number of carbonyl (C=O) groups excluding carboxylic acids is 1. The molecule has 0 aromatic heterocycles. The average molecular weight is 332 g/mol. The van der Waals surface area contributed by atoms with Gasteiger partial charge in [-0.1, -0.05) is 11.6 Å². The maximum atomic E-state index is 12.0. The maximum absolute atomic E-state index is 12.0. The highest BCUT2D eigenvalue weighted by molar-refractivity contribution is 9.10. The van der Waals surface area contributed by atoms with E-state index in [1.54, 1.807) is 18.2 Å². The number of benzene rings is 1. The molecule has 1 aliphatic heterocycles. The minimum absolute atomic E-state index is 0.0668. The quantitative estimate of drug-likeness (QED) is 0.894. The number of piperidine rings is 1. The molecular formula is C13H16BrClN2O. The summed E-state index contributed by atoms with van der Waals surface area (Å²) in [6.45, 7) is 2.82. The third-order valence-corrected chi connectivity index (χ3v) is 4.11. The van der Waals surface area contributed by atoms with Crippen molar-refractivity contribution in [2.75, 3.05) is 19.6 Å². The van der Waals surface area contributed by atoms with Gasteiger partial charge in [0.2, 0.25) is 0 Å². The first kappa shape index (κ1) is 13.8. The van der Waals surface area contributed by atoms with Gasteiger partial charge in [-0.15, -0.1) is 0 Å². The number of rotatable bonds is 3. The van der Waals surface area contributed by atoms with Crippen molar-refractivity contribution in [3.8, 4) is 0 Å². The minimum Gasteiger partial charge on any atom is -0.352 e. The van der Waals surface area contributed by atoms with Gasteiger partial charge < -0.3 is 10.6 Å². The van der Waals surface area contributed by atoms with Crippen LogP contribution in [0.2, 0.25) is 5.02 Å². The molecule has 0 aliphatic carbocycles. The monoisotopic (exact) mass is 330 g/mol. The third kappa shape index (κ3) is 3.70. The van der Waals surface area contributed by atoms with Gasteiger partial charge in [-0.2, -0.15) is 0 Å². The lowest BCUT2D eigenvalue weighted by atomic mass is 9.98. The molecule has 0 radical (unpaired) electrons. The summed E-state index contributed by atoms with van der Waals surface area (Å²) in [5, 5.41) is 6.87. The van der Waals surface area contributed by atoms with Crippen LogP contribution in [-0.2, 0) is 0 Å². The van der Waals surface area contributed by atoms with Gasteiger partial charge in [0.1, 0.15) is 0 Å². The van der Waals surface area contributed by atoms with Crippen molar-refractivity contribution in [2.24, 2.45) is 5.92 Å². The molecule has 5 heteroatoms. The second-order valence-corrected chi connectivity index (χ2v) is 5.82. The van der Waals surface area contributed by atoms with Gasteiger partial charge in [-0.25, -0.2) is 0 Å². The van der Waals surface area contributed by atoms with Crippen LogP contribution >= 0.6 is 27.5 Å². The fourth-order valence-corrected chi connectivity index (χ4v) is 2.69. The van der Waals surface area contributed by atoms with Crippen molar-refractivity contribution in [2.45, 2.75) is 12.8 Å². The summed E-state index contributed by atoms with van der Waals surface area (Å²) in [4.78, 5) is 12.0. The lowest BCUT2D eigenvalue weighted by molar-refractivity contribution is 0.0943. The van der Waals surface area contributed by atoms with Crippen molar-refractivity contribution in [3.63, 3.8) is 0 Å². The molecule has 0 unspecified atom stereocenters. The van der Waals surface area contributed by atoms with Crippen LogP contribution in [-0.4, -0.2) is 25.5 Å². The van der Waals surface area contributed by atoms with Gasteiger partial charge in [-0.05, 0) is 66.0 Å². The number of hydrogen-bond acceptors (Lipinski definition) is 2. The van der Waals surface area contributed by atoms with Crippen LogP contribution in [0.25, 0.3) is 0 Å². The van der Waals surface area contributed by atoms with Crippen LogP contribution in [0.15, 0.2) is 22.7 Å². The summed E-state index contributed by atoms with van der Waals surface area (Å²) < 4.78 is 0.773. The Kier molecular flexibility index (Phi) is 5.03. The fourth-order valence-electron chi connectivity index (χ4n) is 2.09. The maximum Gasteiger partial charge on any atom is 0.252 e. The lowest BCUT2D eigenvalue weighted by Crippen LogP contribution is -2.36. The molecule has 3 nitrogen and oxygen atoms in total. The molecule has 1 aromatic carbocycles. The first-order chi connectivity index (χ1) is 8.66. The summed E-state index contributed by atoms with van der Waals surface area (Å²) in [6.07, 6.45) is 2.24. The number of halogens is 2. The van der Waals surface area contributed by atoms with Gasteiger partial charge in [0, 0.05) is 16.0 Å². The first-order valence-corrected chi connectivity index (χ1v) is 7.28. The Hall–Kier alpha value is -0.580. The van der Waals surface area contributed by atoms with Crippen molar-refractivity contribution in [3.05, 3.63) is 33.3 Å². The summed E-state index contributed by atoms with van der Waals surface area (Å²) in [6, 6.07) is 5.24. The Morgan fingerprint density at radius 3 is 2.89 bits per heavy atom. The Morgan fingerprint density at radius 2 is 2.17 bits per heavy atom. The van der Waals surface area contributed by atoms with Crippen LogP contribution in [0, 0.1) is 5.92 Å². The Labute approximate surface area is 120 Å². The zero-order valence-corrected chi connectivity index (χ0v) is 12.4. The number of amides is 1. The molecule has 98 valence electrons. The molecule has 1 aliphatic rings. The van der Waals surface area contributed by atoms with Gasteiger partial charge in [0.05, 0.1) is 5.56 Å². The summed E-state index contributed by atoms with van der Waals surface area (Å²) in [7, 11) is 0. The molecule has 2 rings (SSSR count). The Balaban J connectivity index is 1.92. The van der Waals surface area contributed by atoms with Crippen LogP contribution in [0.1, 0.15) is 23.2 Å². The zero-order chi connectivity index (χ0) is 13.0. The SMILES string of the molecule is O=C(NCC1CCNCC1)c1cc(Cl)ccc1Br. The summed E-state index contributed by atoms with van der Waals surface area (Å²) in [5.74, 6) is 0.510. The van der Waals surface area contributed by atoms with Crippen LogP contribution in [0.3, 0.4) is 0 Å². The lowest BCUT2D eigenvalue weighted by Gasteiger charge is -2.22. The van der Waals surface area contributed by atoms with E-state index >= 15 is 0 Å². The van der Waals surface area contributed by atoms with Gasteiger partial charge in [0.25, 0.3) is 5.91 Å². The molecule has 1 heterocycles. The largest absolute Gasteiger partial charge is 0.352 e. The van der Waals surface area contributed by atoms with Crippen molar-refractivity contribution in [1.29, 1.82) is 0 Å². The van der Waals surface area contributed by atoms with Gasteiger partial charge >= 0.3 is 0 Å². The van der Waals surface area contributed by atoms with E-state index in [0.29, 0.717) is 16.5 Å². The molecule has 1 amide bonds. The Bertz CT molecular complexity index is 433. The molecule has 2 N–H and O–H groups in total. The highest BCUT2D eigenvalue weighted by Crippen LogP contribution is 2.21. The molecule has 1 saturated heterocycles. The zero-order valence-electron chi connectivity index (χ0n) is 10.0. The standard InChI is InChI=1S/C13H16BrClN2O/c14-12-2-1-10(15)7-11(12)13(18)17-8-9-3-5-16-6-4-9/h1-2,7,9,16H,3-6,8H2,(H,17,18). The second kappa shape index (κ2) is 6.55. The van der Waals surface area contributed by atoms with E-state index in [1.807, 2.05) is 0 Å². The van der Waals surface area contributed by atoms with Gasteiger partial charge in [-0.3, -0.25) is 4.79 Å². The second-order valence-electron chi connectivity index (χ2n) is 4.53. The number of nitrogens with one attached hydrogen (secondary N) is 2. The van der Waals surface area contributed by atoms with E-state index in [2.05, 4.69) is 26.6 Å². The van der Waals surface area contributed by atoms with Crippen molar-refractivity contribution in [1.82, 2.24) is 10.6 Å².